The topological polar surface area (TPSA) is 56.1 Å². The van der Waals surface area contributed by atoms with Crippen molar-refractivity contribution >= 4 is 29.4 Å². The Balaban J connectivity index is 2.23. The summed E-state index contributed by atoms with van der Waals surface area (Å²) in [5.74, 6) is 1.55. The first-order valence-electron chi connectivity index (χ1n) is 8.69. The van der Waals surface area contributed by atoms with E-state index in [2.05, 4.69) is 23.2 Å². The summed E-state index contributed by atoms with van der Waals surface area (Å²) in [6, 6.07) is 2.68. The molecule has 0 spiro atoms. The molecule has 1 aliphatic rings. The van der Waals surface area contributed by atoms with E-state index in [1.807, 2.05) is 14.1 Å². The zero-order valence-electron chi connectivity index (χ0n) is 14.8. The Morgan fingerprint density at radius 3 is 2.26 bits per heavy atom. The summed E-state index contributed by atoms with van der Waals surface area (Å²) in [6.07, 6.45) is 8.62. The number of unbranched alkanes of at least 4 members (excludes halogenated alkanes) is 6. The van der Waals surface area contributed by atoms with E-state index in [1.54, 1.807) is 0 Å². The first kappa shape index (κ1) is 20.7. The Morgan fingerprint density at radius 1 is 1.17 bits per heavy atom. The third-order valence-electron chi connectivity index (χ3n) is 4.20. The molecule has 132 valence electrons. The number of nitriles is 1. The summed E-state index contributed by atoms with van der Waals surface area (Å²) in [4.78, 5) is 14.6. The second kappa shape index (κ2) is 11.2. The van der Waals surface area contributed by atoms with Crippen LogP contribution in [0.1, 0.15) is 51.9 Å². The fourth-order valence-electron chi connectivity index (χ4n) is 2.46. The Bertz CT molecular complexity index is 388. The average Bonchev–Trinajstić information content (AvgIpc) is 2.57. The van der Waals surface area contributed by atoms with Gasteiger partial charge >= 0.3 is 0 Å². The van der Waals surface area contributed by atoms with Crippen molar-refractivity contribution in [2.24, 2.45) is 0 Å². The number of nitrogens with zero attached hydrogens (tertiary/aromatic N) is 2. The summed E-state index contributed by atoms with van der Waals surface area (Å²) < 4.78 is -0.951. The molecule has 0 aromatic heterocycles. The van der Waals surface area contributed by atoms with Crippen LogP contribution in [0.4, 0.5) is 0 Å². The number of nitrogens with one attached hydrogen (secondary N) is 1. The van der Waals surface area contributed by atoms with Gasteiger partial charge in [-0.25, -0.2) is 0 Å². The highest BCUT2D eigenvalue weighted by molar-refractivity contribution is 8.20. The van der Waals surface area contributed by atoms with E-state index in [-0.39, 0.29) is 5.91 Å². The van der Waals surface area contributed by atoms with Crippen molar-refractivity contribution in [2.75, 3.05) is 32.1 Å². The molecule has 0 aliphatic carbocycles. The van der Waals surface area contributed by atoms with E-state index in [1.165, 1.54) is 55.6 Å². The molecule has 1 amide bonds. The van der Waals surface area contributed by atoms with Crippen LogP contribution in [-0.4, -0.2) is 53.1 Å². The third-order valence-corrected chi connectivity index (χ3v) is 7.38. The van der Waals surface area contributed by atoms with Crippen LogP contribution in [0.25, 0.3) is 0 Å². The molecule has 1 N–H and O–H groups in total. The SMILES string of the molecule is CCCCCCCCCNC(=O)C1(C#N)SCC(N(C)C)CS1. The highest BCUT2D eigenvalue weighted by atomic mass is 32.2. The van der Waals surface area contributed by atoms with Crippen molar-refractivity contribution in [1.82, 2.24) is 10.2 Å². The molecule has 6 heteroatoms. The van der Waals surface area contributed by atoms with Crippen LogP contribution in [0.15, 0.2) is 0 Å². The fourth-order valence-corrected chi connectivity index (χ4v) is 5.57. The van der Waals surface area contributed by atoms with Gasteiger partial charge in [0.1, 0.15) is 6.07 Å². The Kier molecular flexibility index (Phi) is 10.1. The van der Waals surface area contributed by atoms with Crippen molar-refractivity contribution in [3.05, 3.63) is 0 Å². The molecule has 1 heterocycles. The van der Waals surface area contributed by atoms with E-state index in [0.29, 0.717) is 12.6 Å². The van der Waals surface area contributed by atoms with Gasteiger partial charge in [-0.15, -0.1) is 23.5 Å². The molecular weight excluding hydrogens is 326 g/mol. The number of hydrogen-bond acceptors (Lipinski definition) is 5. The normalized spacial score (nSPS) is 24.4. The Hall–Kier alpha value is -0.380. The van der Waals surface area contributed by atoms with E-state index in [0.717, 1.165) is 24.3 Å². The zero-order chi connectivity index (χ0) is 17.1. The summed E-state index contributed by atoms with van der Waals surface area (Å²) >= 11 is 2.96. The van der Waals surface area contributed by atoms with E-state index in [9.17, 15) is 10.1 Å². The van der Waals surface area contributed by atoms with Crippen molar-refractivity contribution in [1.29, 1.82) is 5.26 Å². The monoisotopic (exact) mass is 357 g/mol. The molecule has 0 aromatic rings. The number of thioether (sulfide) groups is 2. The lowest BCUT2D eigenvalue weighted by Crippen LogP contribution is -2.47. The standard InChI is InChI=1S/C17H31N3OS2/c1-4-5-6-7-8-9-10-11-19-16(21)17(14-18)22-12-15(13-23-17)20(2)3/h15H,4-13H2,1-3H3,(H,19,21). The second-order valence-electron chi connectivity index (χ2n) is 6.35. The van der Waals surface area contributed by atoms with Gasteiger partial charge in [0.05, 0.1) is 0 Å². The van der Waals surface area contributed by atoms with Crippen molar-refractivity contribution in [2.45, 2.75) is 62.0 Å². The smallest absolute Gasteiger partial charge is 0.261 e. The average molecular weight is 358 g/mol. The molecule has 0 aromatic carbocycles. The minimum Gasteiger partial charge on any atom is -0.353 e. The number of rotatable bonds is 10. The molecule has 23 heavy (non-hydrogen) atoms. The Morgan fingerprint density at radius 2 is 1.74 bits per heavy atom. The van der Waals surface area contributed by atoms with Gasteiger partial charge in [-0.05, 0) is 20.5 Å². The molecule has 4 nitrogen and oxygen atoms in total. The predicted octanol–water partition coefficient (Wildman–Crippen LogP) is 3.48. The first-order chi connectivity index (χ1) is 11.1. The van der Waals surface area contributed by atoms with Gasteiger partial charge in [0, 0.05) is 24.1 Å². The van der Waals surface area contributed by atoms with Gasteiger partial charge in [0.15, 0.2) is 0 Å². The minimum atomic E-state index is -0.951. The van der Waals surface area contributed by atoms with E-state index in [4.69, 9.17) is 0 Å². The second-order valence-corrected chi connectivity index (χ2v) is 9.07. The predicted molar refractivity (Wildman–Crippen MR) is 102 cm³/mol. The molecule has 1 saturated heterocycles. The van der Waals surface area contributed by atoms with Crippen LogP contribution in [-0.2, 0) is 4.79 Å². The minimum absolute atomic E-state index is 0.113. The van der Waals surface area contributed by atoms with E-state index < -0.39 is 4.08 Å². The number of hydrogen-bond donors (Lipinski definition) is 1. The van der Waals surface area contributed by atoms with Crippen molar-refractivity contribution < 1.29 is 4.79 Å². The Labute approximate surface area is 150 Å². The van der Waals surface area contributed by atoms with Gasteiger partial charge in [-0.2, -0.15) is 5.26 Å². The van der Waals surface area contributed by atoms with Crippen LogP contribution in [0.2, 0.25) is 0 Å². The first-order valence-corrected chi connectivity index (χ1v) is 10.7. The lowest BCUT2D eigenvalue weighted by Gasteiger charge is -2.35. The summed E-state index contributed by atoms with van der Waals surface area (Å²) in [5.41, 5.74) is 0. The van der Waals surface area contributed by atoms with Crippen LogP contribution in [0.3, 0.4) is 0 Å². The van der Waals surface area contributed by atoms with E-state index >= 15 is 0 Å². The summed E-state index contributed by atoms with van der Waals surface area (Å²) in [5, 5.41) is 12.5. The molecule has 0 unspecified atom stereocenters. The van der Waals surface area contributed by atoms with Gasteiger partial charge in [-0.3, -0.25) is 4.79 Å². The molecule has 1 fully saturated rings. The van der Waals surface area contributed by atoms with Crippen LogP contribution >= 0.6 is 23.5 Å². The van der Waals surface area contributed by atoms with Crippen molar-refractivity contribution in [3.63, 3.8) is 0 Å². The van der Waals surface area contributed by atoms with Crippen molar-refractivity contribution in [3.8, 4) is 6.07 Å². The highest BCUT2D eigenvalue weighted by Crippen LogP contribution is 2.42. The zero-order valence-corrected chi connectivity index (χ0v) is 16.4. The maximum atomic E-state index is 12.4. The van der Waals surface area contributed by atoms with Gasteiger partial charge in [0.2, 0.25) is 4.08 Å². The quantitative estimate of drug-likeness (QED) is 0.607. The largest absolute Gasteiger partial charge is 0.353 e. The number of amides is 1. The molecule has 0 atom stereocenters. The molecule has 0 saturated carbocycles. The van der Waals surface area contributed by atoms with Crippen LogP contribution in [0, 0.1) is 11.3 Å². The fraction of sp³-hybridized carbons (Fsp3) is 0.882. The lowest BCUT2D eigenvalue weighted by atomic mass is 10.1. The van der Waals surface area contributed by atoms with Gasteiger partial charge in [0.25, 0.3) is 5.91 Å². The van der Waals surface area contributed by atoms with Crippen LogP contribution < -0.4 is 5.32 Å². The molecule has 1 aliphatic heterocycles. The van der Waals surface area contributed by atoms with Crippen LogP contribution in [0.5, 0.6) is 0 Å². The maximum absolute atomic E-state index is 12.4. The lowest BCUT2D eigenvalue weighted by molar-refractivity contribution is -0.120. The highest BCUT2D eigenvalue weighted by Gasteiger charge is 2.44. The maximum Gasteiger partial charge on any atom is 0.261 e. The van der Waals surface area contributed by atoms with Gasteiger partial charge < -0.3 is 10.2 Å². The number of carbonyl (C=O) groups excluding carboxylic acids is 1. The summed E-state index contributed by atoms with van der Waals surface area (Å²) in [7, 11) is 4.09. The summed E-state index contributed by atoms with van der Waals surface area (Å²) in [6.45, 7) is 2.91. The molecule has 1 rings (SSSR count). The molecule has 0 radical (unpaired) electrons. The van der Waals surface area contributed by atoms with Gasteiger partial charge in [-0.1, -0.05) is 45.4 Å². The number of carbonyl (C=O) groups is 1. The third kappa shape index (κ3) is 6.94. The molecule has 0 bridgehead atoms. The molecular formula is C17H31N3OS2.